The quantitative estimate of drug-likeness (QED) is 0.0188. The standard InChI is InChI=1S/C58H110N4O10/c1-7-10-13-16-19-20-21-26-34-45-68-55(63)38-32-28-33-42-60-49-53(72-57(65)41-44-59-43-40-52(48-59)71-58(66)50-62(4,5)6)47-54(60)61(67)69-46-35-27-22-25-31-39-56(64)70-51(36-29-23-17-14-11-8-2)37-30-24-18-15-12-9-3/h51-54H,7-50H2,1-6H3/q+2/t52-,53-,54+/m0/s1. The summed E-state index contributed by atoms with van der Waals surface area (Å²) in [5.41, 5.74) is 0. The van der Waals surface area contributed by atoms with Crippen LogP contribution in [0.3, 0.4) is 0 Å². The summed E-state index contributed by atoms with van der Waals surface area (Å²) in [6, 6.07) is 0. The van der Waals surface area contributed by atoms with E-state index in [2.05, 4.69) is 25.7 Å². The maximum Gasteiger partial charge on any atom is 0.362 e. The van der Waals surface area contributed by atoms with Gasteiger partial charge in [-0.1, -0.05) is 156 Å². The van der Waals surface area contributed by atoms with Gasteiger partial charge in [-0.3, -0.25) is 19.3 Å². The molecule has 0 aromatic rings. The molecule has 0 aromatic heterocycles. The lowest BCUT2D eigenvalue weighted by molar-refractivity contribution is -0.862. The molecule has 0 bridgehead atoms. The van der Waals surface area contributed by atoms with Gasteiger partial charge in [0.25, 0.3) is 0 Å². The fourth-order valence-corrected chi connectivity index (χ4v) is 9.97. The molecule has 2 rings (SSSR count). The Bertz CT molecular complexity index is 1400. The number of likely N-dealkylation sites (N-methyl/N-ethyl adjacent to an activating group) is 1. The smallest absolute Gasteiger partial charge is 0.362 e. The van der Waals surface area contributed by atoms with Gasteiger partial charge < -0.3 is 23.4 Å². The van der Waals surface area contributed by atoms with Gasteiger partial charge in [-0.25, -0.2) is 14.5 Å². The van der Waals surface area contributed by atoms with Crippen LogP contribution < -0.4 is 0 Å². The molecule has 2 aliphatic heterocycles. The van der Waals surface area contributed by atoms with Crippen LogP contribution in [0.1, 0.15) is 252 Å². The van der Waals surface area contributed by atoms with Crippen molar-refractivity contribution in [1.82, 2.24) is 9.80 Å². The van der Waals surface area contributed by atoms with E-state index in [0.29, 0.717) is 74.6 Å². The minimum absolute atomic E-state index is 0.0432. The van der Waals surface area contributed by atoms with Gasteiger partial charge >= 0.3 is 30.0 Å². The van der Waals surface area contributed by atoms with Crippen LogP contribution >= 0.6 is 0 Å². The molecular weight excluding hydrogens is 913 g/mol. The van der Waals surface area contributed by atoms with E-state index in [1.54, 1.807) is 0 Å². The second kappa shape index (κ2) is 42.4. The number of carbonyl (C=O) groups excluding carboxylic acids is 4. The number of likely N-dealkylation sites (tertiary alicyclic amines) is 2. The Morgan fingerprint density at radius 2 is 1.03 bits per heavy atom. The molecule has 0 N–H and O–H groups in total. The third-order valence-electron chi connectivity index (χ3n) is 14.3. The maximum atomic E-state index is 13.5. The number of esters is 4. The Morgan fingerprint density at radius 1 is 0.528 bits per heavy atom. The Balaban J connectivity index is 1.76. The van der Waals surface area contributed by atoms with E-state index in [0.717, 1.165) is 103 Å². The summed E-state index contributed by atoms with van der Waals surface area (Å²) in [6.45, 7) is 10.7. The van der Waals surface area contributed by atoms with E-state index in [-0.39, 0.29) is 42.5 Å². The first-order chi connectivity index (χ1) is 34.8. The molecule has 0 aromatic carbocycles. The summed E-state index contributed by atoms with van der Waals surface area (Å²) >= 11 is 0. The van der Waals surface area contributed by atoms with Crippen molar-refractivity contribution in [2.24, 2.45) is 0 Å². The topological polar surface area (TPSA) is 141 Å². The van der Waals surface area contributed by atoms with Crippen LogP contribution in [0.25, 0.3) is 0 Å². The summed E-state index contributed by atoms with van der Waals surface area (Å²) in [6.07, 6.45) is 35.5. The van der Waals surface area contributed by atoms with Gasteiger partial charge in [-0.05, 0) is 70.6 Å². The van der Waals surface area contributed by atoms with Crippen molar-refractivity contribution in [1.29, 1.82) is 0 Å². The third kappa shape index (κ3) is 35.4. The predicted molar refractivity (Wildman–Crippen MR) is 288 cm³/mol. The monoisotopic (exact) mass is 1020 g/mol. The minimum atomic E-state index is -0.582. The largest absolute Gasteiger partial charge is 0.466 e. The summed E-state index contributed by atoms with van der Waals surface area (Å²) < 4.78 is 23.7. The summed E-state index contributed by atoms with van der Waals surface area (Å²) in [4.78, 5) is 74.9. The van der Waals surface area contributed by atoms with E-state index in [1.165, 1.54) is 109 Å². The molecule has 3 atom stereocenters. The molecule has 2 saturated heterocycles. The van der Waals surface area contributed by atoms with Gasteiger partial charge in [0.15, 0.2) is 13.2 Å². The van der Waals surface area contributed by atoms with Crippen LogP contribution in [0, 0.1) is 4.91 Å². The molecule has 0 unspecified atom stereocenters. The summed E-state index contributed by atoms with van der Waals surface area (Å²) in [5.74, 6) is -0.724. The molecule has 420 valence electrons. The second-order valence-corrected chi connectivity index (χ2v) is 22.4. The first kappa shape index (κ1) is 65.3. The number of ether oxygens (including phenoxy) is 4. The minimum Gasteiger partial charge on any atom is -0.466 e. The van der Waals surface area contributed by atoms with Gasteiger partial charge in [-0.15, -0.1) is 0 Å². The van der Waals surface area contributed by atoms with Crippen molar-refractivity contribution in [3.8, 4) is 0 Å². The van der Waals surface area contributed by atoms with Crippen LogP contribution in [0.4, 0.5) is 0 Å². The number of hydrogen-bond donors (Lipinski definition) is 0. The number of quaternary nitrogens is 1. The molecule has 0 aliphatic carbocycles. The molecule has 72 heavy (non-hydrogen) atoms. The van der Waals surface area contributed by atoms with Crippen LogP contribution in [0.2, 0.25) is 0 Å². The van der Waals surface area contributed by atoms with Gasteiger partial charge in [-0.2, -0.15) is 0 Å². The Labute approximate surface area is 439 Å². The Hall–Kier alpha value is -2.84. The van der Waals surface area contributed by atoms with E-state index in [9.17, 15) is 24.1 Å². The van der Waals surface area contributed by atoms with Gasteiger partial charge in [0.2, 0.25) is 4.92 Å². The van der Waals surface area contributed by atoms with Crippen molar-refractivity contribution in [2.75, 3.05) is 73.6 Å². The molecule has 2 heterocycles. The average Bonchev–Trinajstić information content (AvgIpc) is 3.97. The van der Waals surface area contributed by atoms with E-state index < -0.39 is 12.3 Å². The molecule has 0 spiro atoms. The van der Waals surface area contributed by atoms with E-state index in [4.69, 9.17) is 23.8 Å². The van der Waals surface area contributed by atoms with Crippen molar-refractivity contribution in [2.45, 2.75) is 276 Å². The fraction of sp³-hybridized carbons (Fsp3) is 0.931. The molecule has 0 amide bonds. The normalized spacial score (nSPS) is 17.4. The van der Waals surface area contributed by atoms with Crippen molar-refractivity contribution in [3.05, 3.63) is 4.91 Å². The molecule has 14 heteroatoms. The predicted octanol–water partition coefficient (Wildman–Crippen LogP) is 12.7. The van der Waals surface area contributed by atoms with Crippen LogP contribution in [0.15, 0.2) is 0 Å². The Morgan fingerprint density at radius 3 is 1.61 bits per heavy atom. The highest BCUT2D eigenvalue weighted by Crippen LogP contribution is 2.24. The maximum absolute atomic E-state index is 13.5. The van der Waals surface area contributed by atoms with Crippen LogP contribution in [-0.4, -0.2) is 141 Å². The number of unbranched alkanes of at least 4 members (excludes halogenated alkanes) is 24. The van der Waals surface area contributed by atoms with Gasteiger partial charge in [0, 0.05) is 45.6 Å². The highest BCUT2D eigenvalue weighted by molar-refractivity contribution is 5.71. The SMILES string of the molecule is CCCCCCCCCCCOC(=O)CCCCCN1C[C@@H](OC(=O)CCN2CC[C@H](OC(=O)C[N+](C)(C)C)C2)C[C@H]1[N+](=O)OCCCCCCCC(=O)OC(CCCCCCCC)CCCCCCCC. The lowest BCUT2D eigenvalue weighted by atomic mass is 10.0. The van der Waals surface area contributed by atoms with E-state index in [1.807, 2.05) is 26.0 Å². The number of nitrogens with zero attached hydrogens (tertiary/aromatic N) is 4. The van der Waals surface area contributed by atoms with Crippen molar-refractivity contribution < 1.29 is 52.4 Å². The molecule has 0 saturated carbocycles. The zero-order valence-electron chi connectivity index (χ0n) is 47.3. The molecule has 14 nitrogen and oxygen atoms in total. The first-order valence-electron chi connectivity index (χ1n) is 29.9. The van der Waals surface area contributed by atoms with Gasteiger partial charge in [0.1, 0.15) is 18.3 Å². The molecular formula is C58H110N4O10+2. The summed E-state index contributed by atoms with van der Waals surface area (Å²) in [7, 11) is 5.87. The lowest BCUT2D eigenvalue weighted by Crippen LogP contribution is -2.41. The van der Waals surface area contributed by atoms with Crippen LogP contribution in [0.5, 0.6) is 0 Å². The van der Waals surface area contributed by atoms with Crippen LogP contribution in [-0.2, 0) is 43.0 Å². The zero-order chi connectivity index (χ0) is 52.5. The zero-order valence-corrected chi connectivity index (χ0v) is 47.3. The van der Waals surface area contributed by atoms with E-state index >= 15 is 0 Å². The van der Waals surface area contributed by atoms with Crippen molar-refractivity contribution in [3.63, 3.8) is 0 Å². The Kier molecular flexibility index (Phi) is 38.4. The molecule has 0 radical (unpaired) electrons. The fourth-order valence-electron chi connectivity index (χ4n) is 9.97. The number of carbonyl (C=O) groups is 4. The first-order valence-corrected chi connectivity index (χ1v) is 29.9. The number of hydrogen-bond acceptors (Lipinski definition) is 12. The molecule has 2 fully saturated rings. The number of rotatable bonds is 48. The lowest BCUT2D eigenvalue weighted by Gasteiger charge is -2.23. The second-order valence-electron chi connectivity index (χ2n) is 22.4. The molecule has 2 aliphatic rings. The highest BCUT2D eigenvalue weighted by atomic mass is 16.8. The average molecular weight is 1020 g/mol. The summed E-state index contributed by atoms with van der Waals surface area (Å²) in [5, 5.41) is 0. The highest BCUT2D eigenvalue weighted by Gasteiger charge is 2.45. The third-order valence-corrected chi connectivity index (χ3v) is 14.3. The van der Waals surface area contributed by atoms with Gasteiger partial charge in [0.05, 0.1) is 45.5 Å². The van der Waals surface area contributed by atoms with Crippen molar-refractivity contribution >= 4 is 23.9 Å².